The lowest BCUT2D eigenvalue weighted by molar-refractivity contribution is -0.123. The van der Waals surface area contributed by atoms with Crippen LogP contribution in [0.3, 0.4) is 0 Å². The Morgan fingerprint density at radius 2 is 2.04 bits per heavy atom. The molecule has 0 saturated heterocycles. The summed E-state index contributed by atoms with van der Waals surface area (Å²) < 4.78 is 1.94. The molecule has 0 bridgehead atoms. The van der Waals surface area contributed by atoms with Gasteiger partial charge in [0.2, 0.25) is 5.91 Å². The highest BCUT2D eigenvalue weighted by atomic mass is 16.3. The Labute approximate surface area is 134 Å². The smallest absolute Gasteiger partial charge is 0.223 e. The summed E-state index contributed by atoms with van der Waals surface area (Å²) >= 11 is 0. The zero-order valence-corrected chi connectivity index (χ0v) is 12.9. The Hall–Kier alpha value is -2.66. The molecule has 0 fully saturated rings. The van der Waals surface area contributed by atoms with Crippen molar-refractivity contribution in [3.05, 3.63) is 71.7 Å². The molecular weight excluding hydrogens is 290 g/mol. The first-order chi connectivity index (χ1) is 11.1. The number of fused-ring (bicyclic) bond motifs is 1. The van der Waals surface area contributed by atoms with Crippen molar-refractivity contribution in [3.8, 4) is 0 Å². The van der Waals surface area contributed by atoms with Gasteiger partial charge in [-0.3, -0.25) is 4.79 Å². The summed E-state index contributed by atoms with van der Waals surface area (Å²) in [5, 5.41) is 12.9. The fourth-order valence-corrected chi connectivity index (χ4v) is 2.52. The van der Waals surface area contributed by atoms with Crippen molar-refractivity contribution in [2.24, 2.45) is 0 Å². The number of benzene rings is 1. The summed E-state index contributed by atoms with van der Waals surface area (Å²) in [5.74, 6) is -0.199. The van der Waals surface area contributed by atoms with E-state index in [0.29, 0.717) is 6.54 Å². The first kappa shape index (κ1) is 15.2. The van der Waals surface area contributed by atoms with Crippen LogP contribution < -0.4 is 5.32 Å². The van der Waals surface area contributed by atoms with Gasteiger partial charge in [-0.1, -0.05) is 36.4 Å². The number of carbonyl (C=O) groups is 1. The fraction of sp³-hybridized carbons (Fsp3) is 0.222. The Balaban J connectivity index is 1.59. The van der Waals surface area contributed by atoms with Crippen molar-refractivity contribution < 1.29 is 9.90 Å². The van der Waals surface area contributed by atoms with Gasteiger partial charge < -0.3 is 14.8 Å². The number of nitrogens with zero attached hydrogens (tertiary/aromatic N) is 2. The highest BCUT2D eigenvalue weighted by molar-refractivity contribution is 5.76. The lowest BCUT2D eigenvalue weighted by Gasteiger charge is -2.10. The van der Waals surface area contributed by atoms with E-state index in [1.807, 2.05) is 66.2 Å². The molecule has 0 aliphatic rings. The second-order valence-electron chi connectivity index (χ2n) is 5.56. The summed E-state index contributed by atoms with van der Waals surface area (Å²) in [7, 11) is 0. The molecule has 3 aromatic rings. The third kappa shape index (κ3) is 3.57. The van der Waals surface area contributed by atoms with Crippen LogP contribution in [0.15, 0.2) is 54.9 Å². The van der Waals surface area contributed by atoms with E-state index < -0.39 is 6.10 Å². The van der Waals surface area contributed by atoms with Crippen molar-refractivity contribution in [1.82, 2.24) is 14.7 Å². The molecule has 0 aliphatic heterocycles. The lowest BCUT2D eigenvalue weighted by Crippen LogP contribution is -2.24. The third-order valence-electron chi connectivity index (χ3n) is 3.76. The molecule has 2 heterocycles. The van der Waals surface area contributed by atoms with Gasteiger partial charge in [0.1, 0.15) is 5.65 Å². The van der Waals surface area contributed by atoms with Crippen LogP contribution in [0.4, 0.5) is 0 Å². The van der Waals surface area contributed by atoms with Gasteiger partial charge in [0.25, 0.3) is 0 Å². The number of rotatable bonds is 5. The zero-order chi connectivity index (χ0) is 16.2. The van der Waals surface area contributed by atoms with Gasteiger partial charge in [-0.05, 0) is 24.1 Å². The maximum absolute atomic E-state index is 12.0. The molecule has 2 N–H and O–H groups in total. The second kappa shape index (κ2) is 6.62. The monoisotopic (exact) mass is 309 g/mol. The number of carbonyl (C=O) groups excluding carboxylic acids is 1. The highest BCUT2D eigenvalue weighted by Crippen LogP contribution is 2.15. The van der Waals surface area contributed by atoms with Gasteiger partial charge >= 0.3 is 0 Å². The van der Waals surface area contributed by atoms with Crippen LogP contribution in [0, 0.1) is 6.92 Å². The van der Waals surface area contributed by atoms with E-state index in [1.54, 1.807) is 0 Å². The number of hydrogen-bond acceptors (Lipinski definition) is 3. The molecule has 0 spiro atoms. The first-order valence-electron chi connectivity index (χ1n) is 7.56. The highest BCUT2D eigenvalue weighted by Gasteiger charge is 2.13. The van der Waals surface area contributed by atoms with Gasteiger partial charge in [-0.2, -0.15) is 0 Å². The average molecular weight is 309 g/mol. The summed E-state index contributed by atoms with van der Waals surface area (Å²) in [4.78, 5) is 16.5. The number of nitrogens with one attached hydrogen (secondary N) is 1. The number of aromatic nitrogens is 2. The van der Waals surface area contributed by atoms with Crippen molar-refractivity contribution >= 4 is 11.6 Å². The van der Waals surface area contributed by atoms with Crippen molar-refractivity contribution in [2.75, 3.05) is 0 Å². The normalized spacial score (nSPS) is 12.3. The minimum atomic E-state index is -0.792. The van der Waals surface area contributed by atoms with Gasteiger partial charge in [-0.15, -0.1) is 0 Å². The average Bonchev–Trinajstić information content (AvgIpc) is 2.98. The van der Waals surface area contributed by atoms with Crippen LogP contribution in [0.25, 0.3) is 5.65 Å². The number of aryl methyl sites for hydroxylation is 1. The minimum absolute atomic E-state index is 0.0381. The zero-order valence-electron chi connectivity index (χ0n) is 12.9. The van der Waals surface area contributed by atoms with E-state index in [9.17, 15) is 9.90 Å². The molecule has 0 saturated carbocycles. The van der Waals surface area contributed by atoms with Crippen LogP contribution in [0.1, 0.15) is 29.3 Å². The van der Waals surface area contributed by atoms with Crippen LogP contribution in [0.5, 0.6) is 0 Å². The summed E-state index contributed by atoms with van der Waals surface area (Å²) in [6, 6.07) is 13.1. The molecule has 1 aromatic carbocycles. The molecule has 1 unspecified atom stereocenters. The van der Waals surface area contributed by atoms with Crippen LogP contribution in [-0.4, -0.2) is 20.4 Å². The topological polar surface area (TPSA) is 66.6 Å². The number of aliphatic hydroxyl groups excluding tert-OH is 1. The maximum Gasteiger partial charge on any atom is 0.223 e. The Kier molecular flexibility index (Phi) is 4.39. The number of pyridine rings is 1. The maximum atomic E-state index is 12.0. The standard InChI is InChI=1S/C18H19N3O2/c1-13-6-5-9-21-12-15(20-18(13)21)11-19-17(23)10-16(22)14-7-3-2-4-8-14/h2-9,12,16,22H,10-11H2,1H3,(H,19,23). The van der Waals surface area contributed by atoms with Gasteiger partial charge in [0, 0.05) is 12.4 Å². The molecule has 1 amide bonds. The molecule has 5 nitrogen and oxygen atoms in total. The minimum Gasteiger partial charge on any atom is -0.388 e. The van der Waals surface area contributed by atoms with Crippen molar-refractivity contribution in [2.45, 2.75) is 26.0 Å². The summed E-state index contributed by atoms with van der Waals surface area (Å²) in [6.45, 7) is 2.35. The fourth-order valence-electron chi connectivity index (χ4n) is 2.52. The molecule has 5 heteroatoms. The number of amides is 1. The number of hydrogen-bond donors (Lipinski definition) is 2. The predicted octanol–water partition coefficient (Wildman–Crippen LogP) is 2.38. The molecule has 3 rings (SSSR count). The lowest BCUT2D eigenvalue weighted by atomic mass is 10.1. The summed E-state index contributed by atoms with van der Waals surface area (Å²) in [6.07, 6.45) is 3.08. The SMILES string of the molecule is Cc1cccn2cc(CNC(=O)CC(O)c3ccccc3)nc12. The van der Waals surface area contributed by atoms with E-state index in [4.69, 9.17) is 0 Å². The van der Waals surface area contributed by atoms with E-state index >= 15 is 0 Å². The van der Waals surface area contributed by atoms with Crippen LogP contribution >= 0.6 is 0 Å². The molecule has 2 aromatic heterocycles. The largest absolute Gasteiger partial charge is 0.388 e. The predicted molar refractivity (Wildman–Crippen MR) is 87.8 cm³/mol. The van der Waals surface area contributed by atoms with Crippen LogP contribution in [-0.2, 0) is 11.3 Å². The molecule has 0 aliphatic carbocycles. The van der Waals surface area contributed by atoms with Crippen LogP contribution in [0.2, 0.25) is 0 Å². The van der Waals surface area contributed by atoms with Gasteiger partial charge in [0.15, 0.2) is 0 Å². The molecule has 23 heavy (non-hydrogen) atoms. The molecule has 0 radical (unpaired) electrons. The van der Waals surface area contributed by atoms with E-state index in [2.05, 4.69) is 10.3 Å². The second-order valence-corrected chi connectivity index (χ2v) is 5.56. The molecule has 118 valence electrons. The third-order valence-corrected chi connectivity index (χ3v) is 3.76. The Morgan fingerprint density at radius 1 is 1.26 bits per heavy atom. The molecule has 1 atom stereocenters. The van der Waals surface area contributed by atoms with Gasteiger partial charge in [-0.25, -0.2) is 4.98 Å². The van der Waals surface area contributed by atoms with Gasteiger partial charge in [0.05, 0.1) is 24.8 Å². The van der Waals surface area contributed by atoms with E-state index in [0.717, 1.165) is 22.5 Å². The van der Waals surface area contributed by atoms with E-state index in [1.165, 1.54) is 0 Å². The van der Waals surface area contributed by atoms with E-state index in [-0.39, 0.29) is 12.3 Å². The Morgan fingerprint density at radius 3 is 2.78 bits per heavy atom. The van der Waals surface area contributed by atoms with Crippen molar-refractivity contribution in [1.29, 1.82) is 0 Å². The Bertz CT molecular complexity index is 812. The molecular formula is C18H19N3O2. The quantitative estimate of drug-likeness (QED) is 0.760. The number of aliphatic hydroxyl groups is 1. The first-order valence-corrected chi connectivity index (χ1v) is 7.56. The number of imidazole rings is 1. The summed E-state index contributed by atoms with van der Waals surface area (Å²) in [5.41, 5.74) is 3.51. The van der Waals surface area contributed by atoms with Crippen molar-refractivity contribution in [3.63, 3.8) is 0 Å².